The van der Waals surface area contributed by atoms with Crippen LogP contribution in [0.3, 0.4) is 0 Å². The molecular weight excluding hydrogens is 232 g/mol. The van der Waals surface area contributed by atoms with Gasteiger partial charge in [0, 0.05) is 24.2 Å². The first-order valence-electron chi connectivity index (χ1n) is 7.68. The van der Waals surface area contributed by atoms with E-state index < -0.39 is 0 Å². The lowest BCUT2D eigenvalue weighted by molar-refractivity contribution is 0.225. The predicted octanol–water partition coefficient (Wildman–Crippen LogP) is 3.67. The molecular formula is C17H28N2. The summed E-state index contributed by atoms with van der Waals surface area (Å²) in [6.07, 6.45) is 3.92. The SMILES string of the molecule is CCC(C)CN(CC)CC1(c2ccc(N)cc2)CC1. The smallest absolute Gasteiger partial charge is 0.0314 e. The third kappa shape index (κ3) is 3.50. The zero-order valence-electron chi connectivity index (χ0n) is 12.7. The van der Waals surface area contributed by atoms with Gasteiger partial charge in [0.05, 0.1) is 0 Å². The molecule has 2 heteroatoms. The maximum atomic E-state index is 5.79. The summed E-state index contributed by atoms with van der Waals surface area (Å²) >= 11 is 0. The van der Waals surface area contributed by atoms with Gasteiger partial charge < -0.3 is 10.6 Å². The lowest BCUT2D eigenvalue weighted by Gasteiger charge is -2.29. The molecule has 0 amide bonds. The highest BCUT2D eigenvalue weighted by Crippen LogP contribution is 2.48. The Balaban J connectivity index is 2.02. The van der Waals surface area contributed by atoms with Crippen LogP contribution in [0.15, 0.2) is 24.3 Å². The van der Waals surface area contributed by atoms with Gasteiger partial charge in [0.15, 0.2) is 0 Å². The van der Waals surface area contributed by atoms with Crippen LogP contribution < -0.4 is 5.73 Å². The monoisotopic (exact) mass is 260 g/mol. The predicted molar refractivity (Wildman–Crippen MR) is 83.3 cm³/mol. The molecule has 0 spiro atoms. The lowest BCUT2D eigenvalue weighted by atomic mass is 9.94. The molecule has 1 atom stereocenters. The summed E-state index contributed by atoms with van der Waals surface area (Å²) < 4.78 is 0. The van der Waals surface area contributed by atoms with E-state index in [1.54, 1.807) is 0 Å². The second-order valence-corrected chi connectivity index (χ2v) is 6.24. The second-order valence-electron chi connectivity index (χ2n) is 6.24. The van der Waals surface area contributed by atoms with Gasteiger partial charge in [-0.2, -0.15) is 0 Å². The van der Waals surface area contributed by atoms with Crippen molar-refractivity contribution in [1.82, 2.24) is 4.90 Å². The van der Waals surface area contributed by atoms with Crippen LogP contribution in [-0.2, 0) is 5.41 Å². The van der Waals surface area contributed by atoms with E-state index in [-0.39, 0.29) is 0 Å². The average Bonchev–Trinajstić information content (AvgIpc) is 3.19. The summed E-state index contributed by atoms with van der Waals surface area (Å²) in [6, 6.07) is 8.53. The third-order valence-corrected chi connectivity index (χ3v) is 4.62. The Morgan fingerprint density at radius 3 is 2.32 bits per heavy atom. The number of anilines is 1. The largest absolute Gasteiger partial charge is 0.399 e. The minimum atomic E-state index is 0.414. The van der Waals surface area contributed by atoms with E-state index in [2.05, 4.69) is 37.8 Å². The molecule has 1 aromatic rings. The van der Waals surface area contributed by atoms with Crippen LogP contribution in [0, 0.1) is 5.92 Å². The van der Waals surface area contributed by atoms with Gasteiger partial charge in [-0.05, 0) is 43.0 Å². The molecule has 1 aliphatic rings. The molecule has 0 heterocycles. The number of likely N-dealkylation sites (N-methyl/N-ethyl adjacent to an activating group) is 1. The number of nitrogen functional groups attached to an aromatic ring is 1. The molecule has 0 aliphatic heterocycles. The number of hydrogen-bond donors (Lipinski definition) is 1. The zero-order valence-corrected chi connectivity index (χ0v) is 12.7. The van der Waals surface area contributed by atoms with Crippen LogP contribution in [-0.4, -0.2) is 24.5 Å². The number of nitrogens with zero attached hydrogens (tertiary/aromatic N) is 1. The van der Waals surface area contributed by atoms with Crippen LogP contribution >= 0.6 is 0 Å². The van der Waals surface area contributed by atoms with Gasteiger partial charge in [-0.1, -0.05) is 39.3 Å². The van der Waals surface area contributed by atoms with Crippen molar-refractivity contribution in [2.45, 2.75) is 45.4 Å². The highest BCUT2D eigenvalue weighted by molar-refractivity contribution is 5.43. The summed E-state index contributed by atoms with van der Waals surface area (Å²) in [7, 11) is 0. The molecule has 0 saturated heterocycles. The molecule has 19 heavy (non-hydrogen) atoms. The number of nitrogens with two attached hydrogens (primary N) is 1. The molecule has 1 fully saturated rings. The van der Waals surface area contributed by atoms with E-state index in [1.165, 1.54) is 37.9 Å². The van der Waals surface area contributed by atoms with E-state index in [0.29, 0.717) is 5.41 Å². The first kappa shape index (κ1) is 14.4. The van der Waals surface area contributed by atoms with Crippen LogP contribution in [0.4, 0.5) is 5.69 Å². The third-order valence-electron chi connectivity index (χ3n) is 4.62. The second kappa shape index (κ2) is 5.96. The van der Waals surface area contributed by atoms with E-state index in [9.17, 15) is 0 Å². The molecule has 1 saturated carbocycles. The van der Waals surface area contributed by atoms with E-state index in [1.807, 2.05) is 12.1 Å². The summed E-state index contributed by atoms with van der Waals surface area (Å²) in [5.41, 5.74) is 8.55. The van der Waals surface area contributed by atoms with Gasteiger partial charge in [-0.25, -0.2) is 0 Å². The Morgan fingerprint density at radius 1 is 1.21 bits per heavy atom. The van der Waals surface area contributed by atoms with Crippen molar-refractivity contribution in [2.75, 3.05) is 25.4 Å². The Morgan fingerprint density at radius 2 is 1.84 bits per heavy atom. The van der Waals surface area contributed by atoms with Crippen LogP contribution in [0.1, 0.15) is 45.6 Å². The molecule has 106 valence electrons. The summed E-state index contributed by atoms with van der Waals surface area (Å²) in [4.78, 5) is 2.62. The molecule has 2 N–H and O–H groups in total. The van der Waals surface area contributed by atoms with Crippen molar-refractivity contribution >= 4 is 5.69 Å². The minimum absolute atomic E-state index is 0.414. The van der Waals surface area contributed by atoms with E-state index in [4.69, 9.17) is 5.73 Å². The fraction of sp³-hybridized carbons (Fsp3) is 0.647. The van der Waals surface area contributed by atoms with E-state index in [0.717, 1.165) is 18.2 Å². The molecule has 1 aliphatic carbocycles. The van der Waals surface area contributed by atoms with Crippen molar-refractivity contribution in [3.8, 4) is 0 Å². The maximum absolute atomic E-state index is 5.79. The van der Waals surface area contributed by atoms with Gasteiger partial charge >= 0.3 is 0 Å². The van der Waals surface area contributed by atoms with E-state index >= 15 is 0 Å². The highest BCUT2D eigenvalue weighted by Gasteiger charge is 2.45. The summed E-state index contributed by atoms with van der Waals surface area (Å²) in [5.74, 6) is 0.794. The Bertz CT molecular complexity index is 392. The number of rotatable bonds is 7. The normalized spacial score (nSPS) is 18.5. The quantitative estimate of drug-likeness (QED) is 0.758. The first-order valence-corrected chi connectivity index (χ1v) is 7.68. The Labute approximate surface area is 118 Å². The van der Waals surface area contributed by atoms with Gasteiger partial charge in [0.1, 0.15) is 0 Å². The molecule has 1 unspecified atom stereocenters. The van der Waals surface area contributed by atoms with Crippen molar-refractivity contribution in [3.05, 3.63) is 29.8 Å². The molecule has 0 bridgehead atoms. The summed E-state index contributed by atoms with van der Waals surface area (Å²) in [5, 5.41) is 0. The molecule has 0 radical (unpaired) electrons. The average molecular weight is 260 g/mol. The highest BCUT2D eigenvalue weighted by atomic mass is 15.1. The van der Waals surface area contributed by atoms with Crippen LogP contribution in [0.25, 0.3) is 0 Å². The molecule has 2 rings (SSSR count). The topological polar surface area (TPSA) is 29.3 Å². The Kier molecular flexibility index (Phi) is 4.51. The van der Waals surface area contributed by atoms with Crippen molar-refractivity contribution < 1.29 is 0 Å². The summed E-state index contributed by atoms with van der Waals surface area (Å²) in [6.45, 7) is 10.5. The van der Waals surface area contributed by atoms with Gasteiger partial charge in [0.25, 0.3) is 0 Å². The number of hydrogen-bond acceptors (Lipinski definition) is 2. The van der Waals surface area contributed by atoms with Crippen molar-refractivity contribution in [1.29, 1.82) is 0 Å². The molecule has 1 aromatic carbocycles. The maximum Gasteiger partial charge on any atom is 0.0314 e. The van der Waals surface area contributed by atoms with Gasteiger partial charge in [-0.15, -0.1) is 0 Å². The van der Waals surface area contributed by atoms with Gasteiger partial charge in [-0.3, -0.25) is 0 Å². The fourth-order valence-corrected chi connectivity index (χ4v) is 2.83. The van der Waals surface area contributed by atoms with Gasteiger partial charge in [0.2, 0.25) is 0 Å². The molecule has 2 nitrogen and oxygen atoms in total. The fourth-order valence-electron chi connectivity index (χ4n) is 2.83. The molecule has 0 aromatic heterocycles. The number of benzene rings is 1. The minimum Gasteiger partial charge on any atom is -0.399 e. The Hall–Kier alpha value is -1.02. The first-order chi connectivity index (χ1) is 9.09. The standard InChI is InChI=1S/C17H28N2/c1-4-14(3)12-19(5-2)13-17(10-11-17)15-6-8-16(18)9-7-15/h6-9,14H,4-5,10-13,18H2,1-3H3. The van der Waals surface area contributed by atoms with Crippen LogP contribution in [0.5, 0.6) is 0 Å². The zero-order chi connectivity index (χ0) is 13.9. The van der Waals surface area contributed by atoms with Crippen molar-refractivity contribution in [2.24, 2.45) is 5.92 Å². The lowest BCUT2D eigenvalue weighted by Crippen LogP contribution is -2.35. The van der Waals surface area contributed by atoms with Crippen LogP contribution in [0.2, 0.25) is 0 Å². The van der Waals surface area contributed by atoms with Crippen molar-refractivity contribution in [3.63, 3.8) is 0 Å².